The second-order valence-electron chi connectivity index (χ2n) is 6.59. The lowest BCUT2D eigenvalue weighted by Gasteiger charge is -2.21. The van der Waals surface area contributed by atoms with Crippen LogP contribution in [0, 0.1) is 5.82 Å². The van der Waals surface area contributed by atoms with Crippen molar-refractivity contribution in [3.63, 3.8) is 0 Å². The number of benzene rings is 1. The summed E-state index contributed by atoms with van der Waals surface area (Å²) >= 11 is 0. The molecule has 1 aliphatic heterocycles. The first kappa shape index (κ1) is 20.0. The molecule has 150 valence electrons. The van der Waals surface area contributed by atoms with E-state index in [0.717, 1.165) is 0 Å². The zero-order chi connectivity index (χ0) is 20.3. The van der Waals surface area contributed by atoms with Gasteiger partial charge in [0.2, 0.25) is 5.75 Å². The fraction of sp³-hybridized carbons (Fsp3) is 0.421. The number of rotatable bonds is 5. The van der Waals surface area contributed by atoms with Gasteiger partial charge < -0.3 is 20.5 Å². The summed E-state index contributed by atoms with van der Waals surface area (Å²) in [5.74, 6) is -1.41. The van der Waals surface area contributed by atoms with Gasteiger partial charge in [0.1, 0.15) is 11.6 Å². The van der Waals surface area contributed by atoms with Crippen LogP contribution in [0.5, 0.6) is 5.75 Å². The van der Waals surface area contributed by atoms with Crippen LogP contribution in [0.15, 0.2) is 29.1 Å². The highest BCUT2D eigenvalue weighted by Gasteiger charge is 2.30. The maximum absolute atomic E-state index is 13.0. The monoisotopic (exact) mass is 390 g/mol. The number of ether oxygens (including phenoxy) is 1. The van der Waals surface area contributed by atoms with Gasteiger partial charge in [0.25, 0.3) is 11.5 Å². The van der Waals surface area contributed by atoms with E-state index in [1.54, 1.807) is 7.05 Å². The Morgan fingerprint density at radius 3 is 2.71 bits per heavy atom. The van der Waals surface area contributed by atoms with E-state index >= 15 is 0 Å². The lowest BCUT2D eigenvalue weighted by molar-refractivity contribution is 0.0941. The minimum absolute atomic E-state index is 0.106. The summed E-state index contributed by atoms with van der Waals surface area (Å²) < 4.78 is 20.0. The van der Waals surface area contributed by atoms with Gasteiger partial charge in [-0.1, -0.05) is 19.1 Å². The zero-order valence-corrected chi connectivity index (χ0v) is 15.7. The molecule has 2 aromatic rings. The van der Waals surface area contributed by atoms with Crippen molar-refractivity contribution in [3.8, 4) is 5.75 Å². The number of hydrogen-bond donors (Lipinski definition) is 3. The second kappa shape index (κ2) is 8.49. The van der Waals surface area contributed by atoms with Crippen LogP contribution in [0.25, 0.3) is 0 Å². The molecule has 0 bridgehead atoms. The fourth-order valence-electron chi connectivity index (χ4n) is 3.15. The molecule has 28 heavy (non-hydrogen) atoms. The van der Waals surface area contributed by atoms with Gasteiger partial charge in [-0.25, -0.2) is 9.37 Å². The molecule has 2 heterocycles. The third-order valence-electron chi connectivity index (χ3n) is 4.79. The summed E-state index contributed by atoms with van der Waals surface area (Å²) in [6.07, 6.45) is 0.612. The lowest BCUT2D eigenvalue weighted by Crippen LogP contribution is -2.36. The molecule has 0 radical (unpaired) electrons. The lowest BCUT2D eigenvalue weighted by atomic mass is 10.2. The van der Waals surface area contributed by atoms with Gasteiger partial charge in [0, 0.05) is 6.54 Å². The quantitative estimate of drug-likeness (QED) is 0.710. The van der Waals surface area contributed by atoms with Gasteiger partial charge in [-0.2, -0.15) is 0 Å². The van der Waals surface area contributed by atoms with E-state index in [-0.39, 0.29) is 24.1 Å². The Bertz CT molecular complexity index is 913. The molecule has 1 amide bonds. The van der Waals surface area contributed by atoms with Crippen LogP contribution in [0.4, 0.5) is 4.39 Å². The molecule has 0 fully saturated rings. The maximum atomic E-state index is 13.0. The number of carbonyl (C=O) groups is 1. The molecule has 0 aliphatic carbocycles. The molecule has 0 saturated heterocycles. The Hall–Kier alpha value is -2.78. The van der Waals surface area contributed by atoms with Crippen molar-refractivity contribution < 1.29 is 19.0 Å². The van der Waals surface area contributed by atoms with Crippen LogP contribution >= 0.6 is 0 Å². The zero-order valence-electron chi connectivity index (χ0n) is 15.7. The topological polar surface area (TPSA) is 105 Å². The number of hydrogen-bond acceptors (Lipinski definition) is 6. The van der Waals surface area contributed by atoms with E-state index in [9.17, 15) is 19.1 Å². The number of amides is 1. The van der Waals surface area contributed by atoms with Crippen molar-refractivity contribution in [1.82, 2.24) is 20.2 Å². The van der Waals surface area contributed by atoms with E-state index in [2.05, 4.69) is 15.6 Å². The Morgan fingerprint density at radius 2 is 2.07 bits per heavy atom. The number of aromatic nitrogens is 2. The first-order valence-electron chi connectivity index (χ1n) is 9.09. The second-order valence-corrected chi connectivity index (χ2v) is 6.59. The third kappa shape index (κ3) is 3.90. The predicted octanol–water partition coefficient (Wildman–Crippen LogP) is 1.26. The summed E-state index contributed by atoms with van der Waals surface area (Å²) in [6, 6.07) is 4.97. The Balaban J connectivity index is 1.94. The smallest absolute Gasteiger partial charge is 0.296 e. The van der Waals surface area contributed by atoms with Gasteiger partial charge in [-0.05, 0) is 31.2 Å². The number of nitrogens with one attached hydrogen (secondary N) is 2. The molecular weight excluding hydrogens is 367 g/mol. The normalized spacial score (nSPS) is 19.0. The molecular formula is C19H23FN4O4. The number of likely N-dealkylation sites (N-methyl/N-ethyl adjacent to an activating group) is 1. The average molecular weight is 390 g/mol. The number of aromatic hydroxyl groups is 1. The first-order chi connectivity index (χ1) is 13.5. The summed E-state index contributed by atoms with van der Waals surface area (Å²) in [7, 11) is 1.71. The van der Waals surface area contributed by atoms with Gasteiger partial charge >= 0.3 is 0 Å². The highest BCUT2D eigenvalue weighted by Crippen LogP contribution is 2.24. The summed E-state index contributed by atoms with van der Waals surface area (Å²) in [5, 5.41) is 16.0. The Morgan fingerprint density at radius 1 is 1.36 bits per heavy atom. The molecule has 1 aromatic carbocycles. The van der Waals surface area contributed by atoms with Crippen molar-refractivity contribution in [2.24, 2.45) is 0 Å². The first-order valence-corrected chi connectivity index (χ1v) is 9.09. The van der Waals surface area contributed by atoms with Crippen LogP contribution < -0.4 is 16.2 Å². The highest BCUT2D eigenvalue weighted by atomic mass is 19.1. The fourth-order valence-corrected chi connectivity index (χ4v) is 3.15. The van der Waals surface area contributed by atoms with Crippen molar-refractivity contribution in [1.29, 1.82) is 0 Å². The van der Waals surface area contributed by atoms with E-state index in [4.69, 9.17) is 4.74 Å². The van der Waals surface area contributed by atoms with Crippen molar-refractivity contribution in [2.75, 3.05) is 20.3 Å². The predicted molar refractivity (Wildman–Crippen MR) is 99.7 cm³/mol. The number of nitrogens with zero attached hydrogens (tertiary/aromatic N) is 2. The summed E-state index contributed by atoms with van der Waals surface area (Å²) in [4.78, 5) is 29.7. The molecule has 1 aromatic heterocycles. The largest absolute Gasteiger partial charge is 0.501 e. The number of halogens is 1. The van der Waals surface area contributed by atoms with Crippen LogP contribution in [0.1, 0.15) is 47.3 Å². The van der Waals surface area contributed by atoms with E-state index in [1.807, 2.05) is 6.92 Å². The van der Waals surface area contributed by atoms with E-state index in [0.29, 0.717) is 31.0 Å². The average Bonchev–Trinajstić information content (AvgIpc) is 2.88. The maximum Gasteiger partial charge on any atom is 0.296 e. The summed E-state index contributed by atoms with van der Waals surface area (Å²) in [5.41, 5.74) is -0.335. The van der Waals surface area contributed by atoms with Gasteiger partial charge in [-0.15, -0.1) is 0 Å². The number of fused-ring (bicyclic) bond motifs is 1. The number of carbonyl (C=O) groups excluding carboxylic acids is 1. The van der Waals surface area contributed by atoms with E-state index < -0.39 is 23.3 Å². The Kier molecular flexibility index (Phi) is 6.05. The molecule has 9 heteroatoms. The van der Waals surface area contributed by atoms with Crippen LogP contribution in [0.3, 0.4) is 0 Å². The minimum Gasteiger partial charge on any atom is -0.501 e. The molecule has 2 atom stereocenters. The molecule has 8 nitrogen and oxygen atoms in total. The third-order valence-corrected chi connectivity index (χ3v) is 4.79. The molecule has 0 unspecified atom stereocenters. The molecule has 1 aliphatic rings. The molecule has 3 N–H and O–H groups in total. The van der Waals surface area contributed by atoms with Crippen LogP contribution in [-0.4, -0.2) is 40.8 Å². The van der Waals surface area contributed by atoms with Crippen molar-refractivity contribution >= 4 is 5.91 Å². The van der Waals surface area contributed by atoms with Crippen molar-refractivity contribution in [2.45, 2.75) is 32.0 Å². The highest BCUT2D eigenvalue weighted by molar-refractivity contribution is 5.94. The van der Waals surface area contributed by atoms with E-state index in [1.165, 1.54) is 28.8 Å². The van der Waals surface area contributed by atoms with Gasteiger partial charge in [-0.3, -0.25) is 14.2 Å². The van der Waals surface area contributed by atoms with Gasteiger partial charge in [0.05, 0.1) is 25.3 Å². The SMILES string of the molecule is CC[C@H]1COC[C@@H](NC)c2nc(C(=O)NCc3ccc(F)cc3)c(O)c(=O)n21. The minimum atomic E-state index is -0.699. The molecule has 0 saturated carbocycles. The van der Waals surface area contributed by atoms with Crippen LogP contribution in [-0.2, 0) is 11.3 Å². The van der Waals surface area contributed by atoms with Gasteiger partial charge in [0.15, 0.2) is 5.69 Å². The molecule has 0 spiro atoms. The Labute approximate surface area is 161 Å². The molecule has 3 rings (SSSR count). The van der Waals surface area contributed by atoms with Crippen molar-refractivity contribution in [3.05, 3.63) is 57.5 Å². The van der Waals surface area contributed by atoms with Crippen LogP contribution in [0.2, 0.25) is 0 Å². The standard InChI is InChI=1S/C19H23FN4O4/c1-3-13-9-28-10-14(21-2)17-23-15(16(25)19(27)24(13)17)18(26)22-8-11-4-6-12(20)7-5-11/h4-7,13-14,21,25H,3,8-10H2,1-2H3,(H,22,26)/t13-,14+/m0/s1. The summed E-state index contributed by atoms with van der Waals surface area (Å²) in [6.45, 7) is 2.62.